The molecule has 1 saturated heterocycles. The van der Waals surface area contributed by atoms with Gasteiger partial charge in [0.2, 0.25) is 0 Å². The highest BCUT2D eigenvalue weighted by molar-refractivity contribution is 5.18. The van der Waals surface area contributed by atoms with Crippen molar-refractivity contribution in [2.75, 3.05) is 13.1 Å². The van der Waals surface area contributed by atoms with Crippen LogP contribution in [0.5, 0.6) is 0 Å². The van der Waals surface area contributed by atoms with Crippen molar-refractivity contribution in [1.29, 1.82) is 0 Å². The van der Waals surface area contributed by atoms with Crippen LogP contribution in [0.1, 0.15) is 24.8 Å². The molecule has 4 heteroatoms. The third-order valence-electron chi connectivity index (χ3n) is 4.56. The van der Waals surface area contributed by atoms with Crippen molar-refractivity contribution in [2.24, 2.45) is 17.6 Å². The second-order valence-electron chi connectivity index (χ2n) is 5.99. The number of rotatable bonds is 2. The van der Waals surface area contributed by atoms with Gasteiger partial charge < -0.3 is 5.73 Å². The lowest BCUT2D eigenvalue weighted by molar-refractivity contribution is 0.259. The summed E-state index contributed by atoms with van der Waals surface area (Å²) in [4.78, 5) is 2.29. The lowest BCUT2D eigenvalue weighted by Gasteiger charge is -2.29. The van der Waals surface area contributed by atoms with Crippen molar-refractivity contribution in [1.82, 2.24) is 4.90 Å². The minimum atomic E-state index is -0.497. The van der Waals surface area contributed by atoms with Crippen LogP contribution in [0.15, 0.2) is 18.2 Å². The lowest BCUT2D eigenvalue weighted by Crippen LogP contribution is -2.38. The van der Waals surface area contributed by atoms with Gasteiger partial charge in [-0.1, -0.05) is 6.42 Å². The van der Waals surface area contributed by atoms with Gasteiger partial charge in [0.15, 0.2) is 0 Å². The Morgan fingerprint density at radius 2 is 1.84 bits per heavy atom. The maximum atomic E-state index is 13.2. The van der Waals surface area contributed by atoms with E-state index >= 15 is 0 Å². The molecule has 1 aliphatic heterocycles. The third-order valence-corrected chi connectivity index (χ3v) is 4.56. The lowest BCUT2D eigenvalue weighted by atomic mass is 9.78. The van der Waals surface area contributed by atoms with Crippen LogP contribution >= 0.6 is 0 Å². The van der Waals surface area contributed by atoms with E-state index in [1.807, 2.05) is 0 Å². The Labute approximate surface area is 112 Å². The van der Waals surface area contributed by atoms with Crippen LogP contribution in [0.3, 0.4) is 0 Å². The molecule has 3 atom stereocenters. The standard InChI is InChI=1S/C15H20F2N2/c16-12-4-10(5-13(17)6-12)7-19-8-11-2-1-3-15(18)14(11)9-19/h4-6,11,14-15H,1-3,7-9,18H2. The minimum Gasteiger partial charge on any atom is -0.327 e. The van der Waals surface area contributed by atoms with Crippen molar-refractivity contribution >= 4 is 0 Å². The first-order valence-corrected chi connectivity index (χ1v) is 7.05. The fourth-order valence-corrected chi connectivity index (χ4v) is 3.70. The molecule has 1 aromatic carbocycles. The van der Waals surface area contributed by atoms with Gasteiger partial charge in [0.05, 0.1) is 0 Å². The first-order chi connectivity index (χ1) is 9.11. The summed E-state index contributed by atoms with van der Waals surface area (Å²) >= 11 is 0. The van der Waals surface area contributed by atoms with Crippen LogP contribution < -0.4 is 5.73 Å². The van der Waals surface area contributed by atoms with Crippen LogP contribution in [-0.2, 0) is 6.54 Å². The molecular formula is C15H20F2N2. The average Bonchev–Trinajstić information content (AvgIpc) is 2.71. The highest BCUT2D eigenvalue weighted by atomic mass is 19.1. The number of fused-ring (bicyclic) bond motifs is 1. The molecule has 2 fully saturated rings. The molecule has 2 nitrogen and oxygen atoms in total. The topological polar surface area (TPSA) is 29.3 Å². The molecule has 104 valence electrons. The summed E-state index contributed by atoms with van der Waals surface area (Å²) in [6.45, 7) is 2.59. The monoisotopic (exact) mass is 266 g/mol. The molecule has 3 unspecified atom stereocenters. The van der Waals surface area contributed by atoms with E-state index in [4.69, 9.17) is 5.73 Å². The van der Waals surface area contributed by atoms with Crippen molar-refractivity contribution in [3.05, 3.63) is 35.4 Å². The molecule has 0 aromatic heterocycles. The number of hydrogen-bond acceptors (Lipinski definition) is 2. The molecule has 3 rings (SSSR count). The average molecular weight is 266 g/mol. The minimum absolute atomic E-state index is 0.299. The first kappa shape index (κ1) is 13.0. The molecule has 0 amide bonds. The summed E-state index contributed by atoms with van der Waals surface area (Å²) in [5, 5.41) is 0. The highest BCUT2D eigenvalue weighted by Crippen LogP contribution is 2.36. The molecule has 0 radical (unpaired) electrons. The summed E-state index contributed by atoms with van der Waals surface area (Å²) in [5.74, 6) is 0.237. The fraction of sp³-hybridized carbons (Fsp3) is 0.600. The first-order valence-electron chi connectivity index (χ1n) is 7.05. The van der Waals surface area contributed by atoms with Gasteiger partial charge in [0.1, 0.15) is 11.6 Å². The zero-order chi connectivity index (χ0) is 13.4. The Balaban J connectivity index is 1.68. The molecular weight excluding hydrogens is 246 g/mol. The normalized spacial score (nSPS) is 31.4. The largest absolute Gasteiger partial charge is 0.327 e. The molecule has 1 aliphatic carbocycles. The van der Waals surface area contributed by atoms with E-state index in [2.05, 4.69) is 4.90 Å². The highest BCUT2D eigenvalue weighted by Gasteiger charge is 2.38. The van der Waals surface area contributed by atoms with Gasteiger partial charge in [-0.2, -0.15) is 0 Å². The summed E-state index contributed by atoms with van der Waals surface area (Å²) in [5.41, 5.74) is 6.89. The third kappa shape index (κ3) is 2.79. The molecule has 1 aromatic rings. The van der Waals surface area contributed by atoms with Crippen LogP contribution in [0, 0.1) is 23.5 Å². The number of halogens is 2. The quantitative estimate of drug-likeness (QED) is 0.891. The SMILES string of the molecule is NC1CCCC2CN(Cc3cc(F)cc(F)c3)CC12. The Morgan fingerprint density at radius 1 is 1.11 bits per heavy atom. The predicted molar refractivity (Wildman–Crippen MR) is 70.4 cm³/mol. The molecule has 1 saturated carbocycles. The zero-order valence-electron chi connectivity index (χ0n) is 11.0. The number of nitrogens with zero attached hydrogens (tertiary/aromatic N) is 1. The molecule has 0 bridgehead atoms. The van der Waals surface area contributed by atoms with E-state index < -0.39 is 11.6 Å². The van der Waals surface area contributed by atoms with E-state index in [9.17, 15) is 8.78 Å². The Morgan fingerprint density at radius 3 is 2.53 bits per heavy atom. The maximum absolute atomic E-state index is 13.2. The second-order valence-corrected chi connectivity index (χ2v) is 5.99. The summed E-state index contributed by atoms with van der Waals surface area (Å²) in [6, 6.07) is 4.06. The number of benzene rings is 1. The predicted octanol–water partition coefficient (Wildman–Crippen LogP) is 2.52. The Bertz CT molecular complexity index is 443. The van der Waals surface area contributed by atoms with Gasteiger partial charge in [0.25, 0.3) is 0 Å². The summed E-state index contributed by atoms with van der Waals surface area (Å²) in [7, 11) is 0. The van der Waals surface area contributed by atoms with Gasteiger partial charge >= 0.3 is 0 Å². The smallest absolute Gasteiger partial charge is 0.126 e. The van der Waals surface area contributed by atoms with E-state index in [0.29, 0.717) is 30.0 Å². The fourth-order valence-electron chi connectivity index (χ4n) is 3.70. The maximum Gasteiger partial charge on any atom is 0.126 e. The molecule has 2 aliphatic rings. The molecule has 2 N–H and O–H groups in total. The van der Waals surface area contributed by atoms with E-state index in [1.165, 1.54) is 25.0 Å². The van der Waals surface area contributed by atoms with Crippen LogP contribution in [0.2, 0.25) is 0 Å². The molecule has 19 heavy (non-hydrogen) atoms. The van der Waals surface area contributed by atoms with Gasteiger partial charge in [-0.15, -0.1) is 0 Å². The van der Waals surface area contributed by atoms with Gasteiger partial charge in [-0.25, -0.2) is 8.78 Å². The Hall–Kier alpha value is -1.00. The van der Waals surface area contributed by atoms with Gasteiger partial charge in [0, 0.05) is 31.7 Å². The van der Waals surface area contributed by atoms with Crippen molar-refractivity contribution in [3.8, 4) is 0 Å². The molecule has 0 spiro atoms. The van der Waals surface area contributed by atoms with Gasteiger partial charge in [-0.3, -0.25) is 4.90 Å². The zero-order valence-corrected chi connectivity index (χ0v) is 11.0. The van der Waals surface area contributed by atoms with E-state index in [0.717, 1.165) is 25.6 Å². The van der Waals surface area contributed by atoms with Crippen LogP contribution in [0.4, 0.5) is 8.78 Å². The Kier molecular flexibility index (Phi) is 3.54. The van der Waals surface area contributed by atoms with E-state index in [1.54, 1.807) is 0 Å². The van der Waals surface area contributed by atoms with Crippen molar-refractivity contribution in [3.63, 3.8) is 0 Å². The second kappa shape index (κ2) is 5.17. The molecule has 1 heterocycles. The number of nitrogens with two attached hydrogens (primary N) is 1. The summed E-state index contributed by atoms with van der Waals surface area (Å²) in [6.07, 6.45) is 3.57. The van der Waals surface area contributed by atoms with Gasteiger partial charge in [-0.05, 0) is 42.4 Å². The van der Waals surface area contributed by atoms with Crippen molar-refractivity contribution < 1.29 is 8.78 Å². The summed E-state index contributed by atoms with van der Waals surface area (Å²) < 4.78 is 26.4. The van der Waals surface area contributed by atoms with Crippen LogP contribution in [-0.4, -0.2) is 24.0 Å². The number of hydrogen-bond donors (Lipinski definition) is 1. The van der Waals surface area contributed by atoms with E-state index in [-0.39, 0.29) is 0 Å². The van der Waals surface area contributed by atoms with Crippen LogP contribution in [0.25, 0.3) is 0 Å². The number of likely N-dealkylation sites (tertiary alicyclic amines) is 1. The van der Waals surface area contributed by atoms with Crippen molar-refractivity contribution in [2.45, 2.75) is 31.8 Å².